The molecule has 1 fully saturated rings. The van der Waals surface area contributed by atoms with Crippen molar-refractivity contribution in [2.75, 3.05) is 6.61 Å². The van der Waals surface area contributed by atoms with Gasteiger partial charge in [-0.05, 0) is 60.9 Å². The van der Waals surface area contributed by atoms with Crippen molar-refractivity contribution in [1.82, 2.24) is 9.97 Å². The zero-order valence-electron chi connectivity index (χ0n) is 23.4. The summed E-state index contributed by atoms with van der Waals surface area (Å²) in [5.74, 6) is 3.64. The molecule has 1 aromatic heterocycles. The SMILES string of the molecule is CCCCCCCCCCCCOc1ccc(-c2ncc(CCC3CCC(CCC)CC3)cn2)cc1. The molecular formula is C33H52N2O. The van der Waals surface area contributed by atoms with Gasteiger partial charge in [0.15, 0.2) is 5.82 Å². The summed E-state index contributed by atoms with van der Waals surface area (Å²) in [7, 11) is 0. The van der Waals surface area contributed by atoms with Crippen LogP contribution in [-0.4, -0.2) is 16.6 Å². The molecule has 36 heavy (non-hydrogen) atoms. The maximum Gasteiger partial charge on any atom is 0.159 e. The summed E-state index contributed by atoms with van der Waals surface area (Å²) in [4.78, 5) is 9.32. The van der Waals surface area contributed by atoms with Gasteiger partial charge in [-0.25, -0.2) is 9.97 Å². The normalized spacial score (nSPS) is 17.8. The van der Waals surface area contributed by atoms with Gasteiger partial charge >= 0.3 is 0 Å². The van der Waals surface area contributed by atoms with Gasteiger partial charge in [0.2, 0.25) is 0 Å². The van der Waals surface area contributed by atoms with Crippen molar-refractivity contribution >= 4 is 0 Å². The third kappa shape index (κ3) is 11.0. The van der Waals surface area contributed by atoms with Crippen LogP contribution in [0.25, 0.3) is 11.4 Å². The first-order chi connectivity index (χ1) is 17.8. The van der Waals surface area contributed by atoms with Crippen LogP contribution in [0.5, 0.6) is 5.75 Å². The maximum atomic E-state index is 5.96. The Labute approximate surface area is 221 Å². The fourth-order valence-corrected chi connectivity index (χ4v) is 5.70. The maximum absolute atomic E-state index is 5.96. The number of hydrogen-bond donors (Lipinski definition) is 0. The Morgan fingerprint density at radius 1 is 0.667 bits per heavy atom. The number of unbranched alkanes of at least 4 members (excludes halogenated alkanes) is 9. The molecule has 0 saturated heterocycles. The number of nitrogens with zero attached hydrogens (tertiary/aromatic N) is 2. The van der Waals surface area contributed by atoms with Crippen molar-refractivity contribution < 1.29 is 4.74 Å². The predicted molar refractivity (Wildman–Crippen MR) is 153 cm³/mol. The Morgan fingerprint density at radius 2 is 1.22 bits per heavy atom. The zero-order chi connectivity index (χ0) is 25.3. The van der Waals surface area contributed by atoms with E-state index in [1.54, 1.807) is 0 Å². The highest BCUT2D eigenvalue weighted by Gasteiger charge is 2.20. The second-order valence-electron chi connectivity index (χ2n) is 11.2. The molecule has 0 amide bonds. The molecule has 0 N–H and O–H groups in total. The molecule has 1 aliphatic rings. The van der Waals surface area contributed by atoms with Crippen LogP contribution in [-0.2, 0) is 6.42 Å². The van der Waals surface area contributed by atoms with Crippen molar-refractivity contribution in [2.45, 2.75) is 129 Å². The van der Waals surface area contributed by atoms with Crippen molar-refractivity contribution in [1.29, 1.82) is 0 Å². The third-order valence-corrected chi connectivity index (χ3v) is 8.09. The van der Waals surface area contributed by atoms with E-state index in [2.05, 4.69) is 48.1 Å². The van der Waals surface area contributed by atoms with Gasteiger partial charge in [0.25, 0.3) is 0 Å². The lowest BCUT2D eigenvalue weighted by molar-refractivity contribution is 0.252. The van der Waals surface area contributed by atoms with Gasteiger partial charge in [-0.2, -0.15) is 0 Å². The van der Waals surface area contributed by atoms with E-state index in [9.17, 15) is 0 Å². The number of hydrogen-bond acceptors (Lipinski definition) is 3. The topological polar surface area (TPSA) is 35.0 Å². The van der Waals surface area contributed by atoms with E-state index in [1.807, 2.05) is 12.4 Å². The highest BCUT2D eigenvalue weighted by molar-refractivity contribution is 5.55. The van der Waals surface area contributed by atoms with Crippen LogP contribution in [0.15, 0.2) is 36.7 Å². The molecule has 1 aromatic carbocycles. The van der Waals surface area contributed by atoms with Gasteiger partial charge in [-0.3, -0.25) is 0 Å². The molecule has 3 rings (SSSR count). The lowest BCUT2D eigenvalue weighted by Crippen LogP contribution is -2.15. The average molecular weight is 493 g/mol. The van der Waals surface area contributed by atoms with Crippen LogP contribution in [0.4, 0.5) is 0 Å². The van der Waals surface area contributed by atoms with E-state index in [0.717, 1.165) is 48.4 Å². The largest absolute Gasteiger partial charge is 0.494 e. The van der Waals surface area contributed by atoms with E-state index in [-0.39, 0.29) is 0 Å². The van der Waals surface area contributed by atoms with Crippen molar-refractivity contribution in [3.8, 4) is 17.1 Å². The highest BCUT2D eigenvalue weighted by atomic mass is 16.5. The number of aryl methyl sites for hydroxylation is 1. The monoisotopic (exact) mass is 492 g/mol. The number of ether oxygens (including phenoxy) is 1. The molecule has 0 unspecified atom stereocenters. The van der Waals surface area contributed by atoms with E-state index in [0.29, 0.717) is 0 Å². The Morgan fingerprint density at radius 3 is 1.81 bits per heavy atom. The lowest BCUT2D eigenvalue weighted by atomic mass is 9.78. The molecule has 0 aliphatic heterocycles. The molecule has 1 heterocycles. The molecule has 0 atom stereocenters. The Balaban J connectivity index is 1.28. The van der Waals surface area contributed by atoms with E-state index < -0.39 is 0 Å². The third-order valence-electron chi connectivity index (χ3n) is 8.09. The van der Waals surface area contributed by atoms with Crippen LogP contribution >= 0.6 is 0 Å². The minimum Gasteiger partial charge on any atom is -0.494 e. The Bertz CT molecular complexity index is 793. The number of rotatable bonds is 18. The summed E-state index contributed by atoms with van der Waals surface area (Å²) in [6, 6.07) is 8.27. The summed E-state index contributed by atoms with van der Waals surface area (Å²) in [5, 5.41) is 0. The van der Waals surface area contributed by atoms with Crippen LogP contribution in [0.3, 0.4) is 0 Å². The first-order valence-corrected chi connectivity index (χ1v) is 15.3. The summed E-state index contributed by atoms with van der Waals surface area (Å²) in [6.07, 6.45) is 28.4. The Hall–Kier alpha value is -1.90. The quantitative estimate of drug-likeness (QED) is 0.194. The molecule has 0 spiro atoms. The van der Waals surface area contributed by atoms with Crippen molar-refractivity contribution in [2.24, 2.45) is 11.8 Å². The van der Waals surface area contributed by atoms with Gasteiger partial charge in [-0.15, -0.1) is 0 Å². The minimum atomic E-state index is 0.806. The predicted octanol–water partition coefficient (Wildman–Crippen LogP) is 9.98. The van der Waals surface area contributed by atoms with Gasteiger partial charge in [0, 0.05) is 18.0 Å². The molecule has 2 aromatic rings. The Kier molecular flexibility index (Phi) is 14.0. The molecular weight excluding hydrogens is 440 g/mol. The minimum absolute atomic E-state index is 0.806. The molecule has 3 heteroatoms. The van der Waals surface area contributed by atoms with Gasteiger partial charge in [0.05, 0.1) is 6.61 Å². The first kappa shape index (κ1) is 28.7. The van der Waals surface area contributed by atoms with Crippen LogP contribution in [0.1, 0.15) is 129 Å². The van der Waals surface area contributed by atoms with Gasteiger partial charge in [-0.1, -0.05) is 110 Å². The summed E-state index contributed by atoms with van der Waals surface area (Å²) < 4.78 is 5.96. The number of benzene rings is 1. The van der Waals surface area contributed by atoms with E-state index in [1.165, 1.54) is 108 Å². The summed E-state index contributed by atoms with van der Waals surface area (Å²) >= 11 is 0. The molecule has 1 saturated carbocycles. The molecule has 0 radical (unpaired) electrons. The van der Waals surface area contributed by atoms with Crippen LogP contribution in [0.2, 0.25) is 0 Å². The van der Waals surface area contributed by atoms with Crippen molar-refractivity contribution in [3.05, 3.63) is 42.2 Å². The van der Waals surface area contributed by atoms with Crippen molar-refractivity contribution in [3.63, 3.8) is 0 Å². The first-order valence-electron chi connectivity index (χ1n) is 15.3. The fourth-order valence-electron chi connectivity index (χ4n) is 5.70. The smallest absolute Gasteiger partial charge is 0.159 e. The fraction of sp³-hybridized carbons (Fsp3) is 0.697. The van der Waals surface area contributed by atoms with Crippen LogP contribution < -0.4 is 4.74 Å². The zero-order valence-corrected chi connectivity index (χ0v) is 23.4. The van der Waals surface area contributed by atoms with E-state index in [4.69, 9.17) is 4.74 Å². The standard InChI is InChI=1S/C33H52N2O/c1-3-5-6-7-8-9-10-11-12-13-25-36-32-23-21-31(22-24-32)33-34-26-30(27-35-33)20-19-29-17-15-28(14-4-2)16-18-29/h21-24,26-29H,3-20,25H2,1-2H3. The highest BCUT2D eigenvalue weighted by Crippen LogP contribution is 2.33. The second-order valence-corrected chi connectivity index (χ2v) is 11.2. The van der Waals surface area contributed by atoms with Crippen LogP contribution in [0, 0.1) is 11.8 Å². The van der Waals surface area contributed by atoms with E-state index >= 15 is 0 Å². The average Bonchev–Trinajstić information content (AvgIpc) is 2.92. The molecule has 3 nitrogen and oxygen atoms in total. The number of aromatic nitrogens is 2. The summed E-state index contributed by atoms with van der Waals surface area (Å²) in [6.45, 7) is 5.41. The second kappa shape index (κ2) is 17.5. The lowest BCUT2D eigenvalue weighted by Gasteiger charge is -2.28. The molecule has 200 valence electrons. The van der Waals surface area contributed by atoms with Gasteiger partial charge in [0.1, 0.15) is 5.75 Å². The van der Waals surface area contributed by atoms with Gasteiger partial charge < -0.3 is 4.74 Å². The molecule has 0 bridgehead atoms. The molecule has 1 aliphatic carbocycles. The summed E-state index contributed by atoms with van der Waals surface area (Å²) in [5.41, 5.74) is 2.33.